The van der Waals surface area contributed by atoms with Crippen LogP contribution in [-0.2, 0) is 0 Å². The monoisotopic (exact) mass is 223 g/mol. The molecule has 0 aromatic rings. The molecule has 2 heteroatoms. The van der Waals surface area contributed by atoms with Crippen molar-refractivity contribution in [2.24, 2.45) is 17.6 Å². The average Bonchev–Trinajstić information content (AvgIpc) is 2.21. The predicted molar refractivity (Wildman–Crippen MR) is 70.8 cm³/mol. The molecule has 1 saturated carbocycles. The standard InChI is InChI=1S/C12H18.CH3NS/c1-9-7-11-5-3-4-6-12(11)8-10(9)2;2-1-3/h7-10H,3-6H2,1-2H3;1H,(H2,2,3). The molecule has 0 spiro atoms. The highest BCUT2D eigenvalue weighted by atomic mass is 32.1. The SMILES string of the molecule is CC1C=C2CCCCC2=CC1C.NC=S. The van der Waals surface area contributed by atoms with Crippen LogP contribution in [0.25, 0.3) is 0 Å². The van der Waals surface area contributed by atoms with Gasteiger partial charge in [-0.25, -0.2) is 0 Å². The van der Waals surface area contributed by atoms with Gasteiger partial charge in [-0.2, -0.15) is 0 Å². The molecule has 2 aliphatic rings. The van der Waals surface area contributed by atoms with Crippen molar-refractivity contribution in [3.8, 4) is 0 Å². The Labute approximate surface area is 98.4 Å². The van der Waals surface area contributed by atoms with Crippen molar-refractivity contribution >= 4 is 17.7 Å². The molecule has 0 aromatic carbocycles. The lowest BCUT2D eigenvalue weighted by Crippen LogP contribution is -2.12. The first-order valence-corrected chi connectivity index (χ1v) is 6.23. The summed E-state index contributed by atoms with van der Waals surface area (Å²) in [5.41, 5.74) is 8.94. The zero-order chi connectivity index (χ0) is 11.3. The Hall–Kier alpha value is -0.630. The van der Waals surface area contributed by atoms with E-state index in [2.05, 4.69) is 44.0 Å². The first-order chi connectivity index (χ1) is 7.19. The quantitative estimate of drug-likeness (QED) is 0.635. The van der Waals surface area contributed by atoms with E-state index >= 15 is 0 Å². The topological polar surface area (TPSA) is 26.0 Å². The molecule has 2 rings (SSSR count). The number of hydrogen-bond donors (Lipinski definition) is 1. The Morgan fingerprint density at radius 3 is 1.80 bits per heavy atom. The van der Waals surface area contributed by atoms with Gasteiger partial charge < -0.3 is 5.73 Å². The van der Waals surface area contributed by atoms with Crippen molar-refractivity contribution in [1.29, 1.82) is 0 Å². The second-order valence-corrected chi connectivity index (χ2v) is 4.72. The van der Waals surface area contributed by atoms with E-state index in [4.69, 9.17) is 0 Å². The highest BCUT2D eigenvalue weighted by Gasteiger charge is 2.20. The highest BCUT2D eigenvalue weighted by molar-refractivity contribution is 7.78. The summed E-state index contributed by atoms with van der Waals surface area (Å²) >= 11 is 4.05. The fraction of sp³-hybridized carbons (Fsp3) is 0.615. The fourth-order valence-electron chi connectivity index (χ4n) is 2.27. The Kier molecular flexibility index (Phi) is 5.03. The average molecular weight is 223 g/mol. The third-order valence-electron chi connectivity index (χ3n) is 3.31. The van der Waals surface area contributed by atoms with Crippen molar-refractivity contribution < 1.29 is 0 Å². The number of fused-ring (bicyclic) bond motifs is 1. The van der Waals surface area contributed by atoms with E-state index in [-0.39, 0.29) is 0 Å². The van der Waals surface area contributed by atoms with Crippen LogP contribution in [0.2, 0.25) is 0 Å². The summed E-state index contributed by atoms with van der Waals surface area (Å²) in [5, 5.41) is 0. The first-order valence-electron chi connectivity index (χ1n) is 5.76. The molecule has 84 valence electrons. The van der Waals surface area contributed by atoms with Gasteiger partial charge >= 0.3 is 0 Å². The summed E-state index contributed by atoms with van der Waals surface area (Å²) in [4.78, 5) is 0. The van der Waals surface area contributed by atoms with Gasteiger partial charge in [-0.05, 0) is 48.7 Å². The lowest BCUT2D eigenvalue weighted by Gasteiger charge is -2.27. The molecule has 0 amide bonds. The maximum Gasteiger partial charge on any atom is 0.0588 e. The van der Waals surface area contributed by atoms with Crippen LogP contribution in [0.4, 0.5) is 0 Å². The maximum atomic E-state index is 4.54. The minimum absolute atomic E-state index is 0.766. The van der Waals surface area contributed by atoms with Gasteiger partial charge in [0.1, 0.15) is 0 Å². The number of rotatable bonds is 0. The Bertz CT molecular complexity index is 252. The van der Waals surface area contributed by atoms with Crippen LogP contribution in [0.3, 0.4) is 0 Å². The van der Waals surface area contributed by atoms with E-state index in [1.54, 1.807) is 11.1 Å². The Balaban J connectivity index is 0.000000337. The van der Waals surface area contributed by atoms with Crippen LogP contribution >= 0.6 is 12.2 Å². The molecule has 0 heterocycles. The van der Waals surface area contributed by atoms with Crippen molar-refractivity contribution in [2.75, 3.05) is 0 Å². The molecule has 15 heavy (non-hydrogen) atoms. The molecule has 2 N–H and O–H groups in total. The van der Waals surface area contributed by atoms with Crippen LogP contribution in [0.15, 0.2) is 23.3 Å². The summed E-state index contributed by atoms with van der Waals surface area (Å²) in [5.74, 6) is 1.53. The minimum atomic E-state index is 0.766. The van der Waals surface area contributed by atoms with Crippen LogP contribution in [0.1, 0.15) is 39.5 Å². The van der Waals surface area contributed by atoms with Gasteiger partial charge in [0.15, 0.2) is 0 Å². The van der Waals surface area contributed by atoms with Gasteiger partial charge in [0.2, 0.25) is 0 Å². The van der Waals surface area contributed by atoms with Gasteiger partial charge in [0.25, 0.3) is 0 Å². The normalized spacial score (nSPS) is 28.9. The predicted octanol–water partition coefficient (Wildman–Crippen LogP) is 3.60. The zero-order valence-electron chi connectivity index (χ0n) is 9.70. The molecule has 0 radical (unpaired) electrons. The molecule has 0 bridgehead atoms. The van der Waals surface area contributed by atoms with Crippen LogP contribution in [0.5, 0.6) is 0 Å². The van der Waals surface area contributed by atoms with Crippen LogP contribution in [-0.4, -0.2) is 5.49 Å². The zero-order valence-corrected chi connectivity index (χ0v) is 10.5. The molecular weight excluding hydrogens is 202 g/mol. The van der Waals surface area contributed by atoms with E-state index in [1.165, 1.54) is 25.7 Å². The van der Waals surface area contributed by atoms with Crippen molar-refractivity contribution in [2.45, 2.75) is 39.5 Å². The Morgan fingerprint density at radius 2 is 1.47 bits per heavy atom. The van der Waals surface area contributed by atoms with Crippen molar-refractivity contribution in [1.82, 2.24) is 0 Å². The van der Waals surface area contributed by atoms with Gasteiger partial charge in [0, 0.05) is 0 Å². The molecule has 0 aliphatic heterocycles. The minimum Gasteiger partial charge on any atom is -0.396 e. The van der Waals surface area contributed by atoms with E-state index < -0.39 is 0 Å². The summed E-state index contributed by atoms with van der Waals surface area (Å²) in [7, 11) is 0. The van der Waals surface area contributed by atoms with E-state index in [0.29, 0.717) is 0 Å². The Morgan fingerprint density at radius 1 is 1.13 bits per heavy atom. The third-order valence-corrected chi connectivity index (χ3v) is 3.31. The number of thiocarbonyl (C=S) groups is 1. The third kappa shape index (κ3) is 3.45. The summed E-state index contributed by atoms with van der Waals surface area (Å²) < 4.78 is 0. The molecule has 1 nitrogen and oxygen atoms in total. The summed E-state index contributed by atoms with van der Waals surface area (Å²) in [6.07, 6.45) is 10.5. The molecular formula is C13H21NS. The highest BCUT2D eigenvalue weighted by Crippen LogP contribution is 2.36. The van der Waals surface area contributed by atoms with Gasteiger partial charge in [-0.1, -0.05) is 38.2 Å². The smallest absolute Gasteiger partial charge is 0.0588 e. The first kappa shape index (κ1) is 12.4. The fourth-order valence-corrected chi connectivity index (χ4v) is 2.27. The summed E-state index contributed by atoms with van der Waals surface area (Å²) in [6.45, 7) is 4.67. The number of allylic oxidation sites excluding steroid dienone is 4. The van der Waals surface area contributed by atoms with Crippen molar-refractivity contribution in [3.63, 3.8) is 0 Å². The largest absolute Gasteiger partial charge is 0.396 e. The number of nitrogens with two attached hydrogens (primary N) is 1. The van der Waals surface area contributed by atoms with Gasteiger partial charge in [-0.3, -0.25) is 0 Å². The molecule has 1 fully saturated rings. The van der Waals surface area contributed by atoms with Gasteiger partial charge in [-0.15, -0.1) is 0 Å². The second-order valence-electron chi connectivity index (χ2n) is 4.45. The maximum absolute atomic E-state index is 4.54. The molecule has 2 aliphatic carbocycles. The lowest BCUT2D eigenvalue weighted by molar-refractivity contribution is 0.523. The van der Waals surface area contributed by atoms with Crippen LogP contribution < -0.4 is 5.73 Å². The molecule has 0 saturated heterocycles. The van der Waals surface area contributed by atoms with Crippen LogP contribution in [0, 0.1) is 11.8 Å². The van der Waals surface area contributed by atoms with Crippen molar-refractivity contribution in [3.05, 3.63) is 23.3 Å². The molecule has 2 atom stereocenters. The lowest BCUT2D eigenvalue weighted by atomic mass is 9.78. The van der Waals surface area contributed by atoms with Gasteiger partial charge in [0.05, 0.1) is 5.49 Å². The summed E-state index contributed by atoms with van der Waals surface area (Å²) in [6, 6.07) is 0. The molecule has 2 unspecified atom stereocenters. The van der Waals surface area contributed by atoms with E-state index in [9.17, 15) is 0 Å². The molecule has 0 aromatic heterocycles. The second kappa shape index (κ2) is 6.06. The number of hydrogen-bond acceptors (Lipinski definition) is 1. The van der Waals surface area contributed by atoms with E-state index in [1.807, 2.05) is 0 Å². The van der Waals surface area contributed by atoms with E-state index in [0.717, 1.165) is 17.3 Å².